The Hall–Kier alpha value is -3.70. The van der Waals surface area contributed by atoms with Gasteiger partial charge in [0.2, 0.25) is 24.6 Å². The highest BCUT2D eigenvalue weighted by Gasteiger charge is 2.55. The first-order valence-electron chi connectivity index (χ1n) is 15.0. The fourth-order valence-electron chi connectivity index (χ4n) is 6.59. The van der Waals surface area contributed by atoms with Gasteiger partial charge in [0, 0.05) is 0 Å². The third kappa shape index (κ3) is 5.75. The molecule has 0 aromatic heterocycles. The van der Waals surface area contributed by atoms with E-state index in [1.54, 1.807) is 24.3 Å². The van der Waals surface area contributed by atoms with Crippen molar-refractivity contribution in [2.24, 2.45) is 29.6 Å². The molecule has 7 atom stereocenters. The Kier molecular flexibility index (Phi) is 9.45. The van der Waals surface area contributed by atoms with Crippen LogP contribution in [0.3, 0.4) is 0 Å². The van der Waals surface area contributed by atoms with Crippen molar-refractivity contribution in [3.05, 3.63) is 35.4 Å². The Balaban J connectivity index is 1.56. The van der Waals surface area contributed by atoms with Crippen LogP contribution in [0.5, 0.6) is 34.5 Å². The summed E-state index contributed by atoms with van der Waals surface area (Å²) in [7, 11) is 5.80. The predicted octanol–water partition coefficient (Wildman–Crippen LogP) is 4.96. The number of carbonyl (C=O) groups excluding carboxylic acids is 2. The second kappa shape index (κ2) is 13.1. The molecule has 0 amide bonds. The summed E-state index contributed by atoms with van der Waals surface area (Å²) < 4.78 is 45.4. The number of hydrogen-bond acceptors (Lipinski definition) is 11. The van der Waals surface area contributed by atoms with Gasteiger partial charge < -0.3 is 43.0 Å². The molecule has 2 aromatic rings. The Bertz CT molecular complexity index is 1350. The van der Waals surface area contributed by atoms with E-state index >= 15 is 0 Å². The molecule has 2 aromatic carbocycles. The van der Waals surface area contributed by atoms with Gasteiger partial charge in [0.15, 0.2) is 28.8 Å². The molecular weight excluding hydrogens is 572 g/mol. The molecule has 3 aliphatic rings. The molecule has 4 unspecified atom stereocenters. The monoisotopic (exact) mass is 614 g/mol. The van der Waals surface area contributed by atoms with Gasteiger partial charge in [-0.05, 0) is 66.8 Å². The highest BCUT2D eigenvalue weighted by molar-refractivity contribution is 6.04. The van der Waals surface area contributed by atoms with Crippen LogP contribution in [0.2, 0.25) is 0 Å². The van der Waals surface area contributed by atoms with E-state index < -0.39 is 36.0 Å². The maximum atomic E-state index is 14.5. The first kappa shape index (κ1) is 31.7. The van der Waals surface area contributed by atoms with Crippen molar-refractivity contribution in [1.29, 1.82) is 0 Å². The number of methoxy groups -OCH3 is 4. The Morgan fingerprint density at radius 1 is 0.955 bits per heavy atom. The van der Waals surface area contributed by atoms with Crippen molar-refractivity contribution in [2.45, 2.75) is 58.5 Å². The average molecular weight is 615 g/mol. The molecular formula is C33H42O11. The van der Waals surface area contributed by atoms with Gasteiger partial charge in [-0.25, -0.2) is 0 Å². The van der Waals surface area contributed by atoms with E-state index in [-0.39, 0.29) is 47.2 Å². The van der Waals surface area contributed by atoms with E-state index in [0.29, 0.717) is 29.1 Å². The van der Waals surface area contributed by atoms with E-state index in [0.717, 1.165) is 19.3 Å². The third-order valence-corrected chi connectivity index (χ3v) is 9.23. The third-order valence-electron chi connectivity index (χ3n) is 9.23. The van der Waals surface area contributed by atoms with Crippen LogP contribution in [0.4, 0.5) is 0 Å². The average Bonchev–Trinajstić information content (AvgIpc) is 3.63. The van der Waals surface area contributed by atoms with E-state index in [1.165, 1.54) is 28.4 Å². The minimum absolute atomic E-state index is 0.0147. The van der Waals surface area contributed by atoms with Crippen LogP contribution in [-0.4, -0.2) is 64.5 Å². The normalized spacial score (nSPS) is 26.7. The molecule has 44 heavy (non-hydrogen) atoms. The summed E-state index contributed by atoms with van der Waals surface area (Å²) in [4.78, 5) is 28.1. The molecule has 11 heteroatoms. The molecule has 0 spiro atoms. The molecule has 1 aliphatic carbocycles. The highest BCUT2D eigenvalue weighted by Crippen LogP contribution is 2.49. The summed E-state index contributed by atoms with van der Waals surface area (Å²) in [5.41, 5.74) is 0.441. The molecule has 1 N–H and O–H groups in total. The number of cyclic esters (lactones) is 1. The Morgan fingerprint density at radius 2 is 1.64 bits per heavy atom. The van der Waals surface area contributed by atoms with Crippen LogP contribution in [0, 0.1) is 29.6 Å². The smallest absolute Gasteiger partial charge is 0.315 e. The zero-order chi connectivity index (χ0) is 31.7. The molecule has 1 saturated carbocycles. The fraction of sp³-hybridized carbons (Fsp3) is 0.576. The predicted molar refractivity (Wildman–Crippen MR) is 158 cm³/mol. The number of fused-ring (bicyclic) bond motifs is 1. The van der Waals surface area contributed by atoms with Crippen molar-refractivity contribution < 1.29 is 52.6 Å². The number of esters is 1. The zero-order valence-electron chi connectivity index (χ0n) is 26.3. The number of hydrogen-bond donors (Lipinski definition) is 1. The molecule has 2 fully saturated rings. The van der Waals surface area contributed by atoms with Crippen LogP contribution >= 0.6 is 0 Å². The first-order chi connectivity index (χ1) is 21.1. The second-order valence-electron chi connectivity index (χ2n) is 12.0. The Labute approximate surface area is 257 Å². The van der Waals surface area contributed by atoms with Crippen molar-refractivity contribution in [3.63, 3.8) is 0 Å². The van der Waals surface area contributed by atoms with Gasteiger partial charge in [0.25, 0.3) is 0 Å². The number of ketones is 1. The van der Waals surface area contributed by atoms with Crippen molar-refractivity contribution in [3.8, 4) is 34.5 Å². The molecule has 1 saturated heterocycles. The van der Waals surface area contributed by atoms with Crippen LogP contribution in [0.25, 0.3) is 0 Å². The number of carbonyl (C=O) groups is 2. The minimum atomic E-state index is -1.48. The first-order valence-corrected chi connectivity index (χ1v) is 15.0. The zero-order valence-corrected chi connectivity index (χ0v) is 26.3. The molecule has 240 valence electrons. The van der Waals surface area contributed by atoms with Crippen molar-refractivity contribution in [2.75, 3.05) is 35.2 Å². The lowest BCUT2D eigenvalue weighted by molar-refractivity contribution is -0.189. The largest absolute Gasteiger partial charge is 0.493 e. The van der Waals surface area contributed by atoms with Crippen LogP contribution in [-0.2, 0) is 14.3 Å². The van der Waals surface area contributed by atoms with Gasteiger partial charge >= 0.3 is 5.97 Å². The van der Waals surface area contributed by atoms with Gasteiger partial charge in [-0.1, -0.05) is 20.8 Å². The molecule has 0 bridgehead atoms. The van der Waals surface area contributed by atoms with Crippen molar-refractivity contribution in [1.82, 2.24) is 0 Å². The van der Waals surface area contributed by atoms with Gasteiger partial charge in [0.1, 0.15) is 11.8 Å². The maximum Gasteiger partial charge on any atom is 0.315 e. The highest BCUT2D eigenvalue weighted by atomic mass is 16.7. The van der Waals surface area contributed by atoms with Gasteiger partial charge in [-0.3, -0.25) is 9.59 Å². The topological polar surface area (TPSA) is 128 Å². The van der Waals surface area contributed by atoms with Gasteiger partial charge in [-0.2, -0.15) is 0 Å². The SMILES string of the molecule is COc1cc([C@@H](O)[C@H]2C(=O)O[C@@H](OC3CC(C(C)C)CCC3C)C2C(=O)c2ccc3c(c2OC)OCO3)cc(OC)c1OC. The van der Waals surface area contributed by atoms with Crippen LogP contribution in [0.15, 0.2) is 24.3 Å². The standard InChI is InChI=1S/C33H42O11/c1-16(2)18-9-8-17(3)22(12-18)43-33-26(28(35)20-10-11-21-31(29(20)39-6)42-15-41-21)25(32(36)44-33)27(34)19-13-23(37-4)30(40-7)24(14-19)38-5/h10-11,13-14,16-18,22,25-27,33-34H,8-9,12,15H2,1-7H3/t17?,18?,22?,25-,26?,27+,33+/m0/s1. The maximum absolute atomic E-state index is 14.5. The number of aliphatic hydroxyl groups is 1. The van der Waals surface area contributed by atoms with Gasteiger partial charge in [0.05, 0.1) is 46.2 Å². The number of ether oxygens (including phenoxy) is 8. The summed E-state index contributed by atoms with van der Waals surface area (Å²) in [5, 5.41) is 11.8. The Morgan fingerprint density at radius 3 is 2.25 bits per heavy atom. The van der Waals surface area contributed by atoms with E-state index in [9.17, 15) is 14.7 Å². The number of rotatable bonds is 11. The summed E-state index contributed by atoms with van der Waals surface area (Å²) in [5.74, 6) is -0.858. The summed E-state index contributed by atoms with van der Waals surface area (Å²) in [6.45, 7) is 6.47. The molecule has 11 nitrogen and oxygen atoms in total. The van der Waals surface area contributed by atoms with Crippen LogP contribution < -0.4 is 28.4 Å². The lowest BCUT2D eigenvalue weighted by Crippen LogP contribution is -2.40. The lowest BCUT2D eigenvalue weighted by Gasteiger charge is -2.37. The summed E-state index contributed by atoms with van der Waals surface area (Å²) >= 11 is 0. The molecule has 2 heterocycles. The molecule has 0 radical (unpaired) electrons. The molecule has 5 rings (SSSR count). The second-order valence-corrected chi connectivity index (χ2v) is 12.0. The van der Waals surface area contributed by atoms with Crippen LogP contribution in [0.1, 0.15) is 62.1 Å². The number of benzene rings is 2. The van der Waals surface area contributed by atoms with Gasteiger partial charge in [-0.15, -0.1) is 0 Å². The minimum Gasteiger partial charge on any atom is -0.493 e. The molecule has 2 aliphatic heterocycles. The number of Topliss-reactive ketones (excluding diaryl/α,β-unsaturated/α-hetero) is 1. The van der Waals surface area contributed by atoms with E-state index in [1.807, 2.05) is 0 Å². The lowest BCUT2D eigenvalue weighted by atomic mass is 9.75. The fourth-order valence-corrected chi connectivity index (χ4v) is 6.59. The quantitative estimate of drug-likeness (QED) is 0.272. The summed E-state index contributed by atoms with van der Waals surface area (Å²) in [6, 6.07) is 6.28. The summed E-state index contributed by atoms with van der Waals surface area (Å²) in [6.07, 6.45) is -0.125. The van der Waals surface area contributed by atoms with E-state index in [2.05, 4.69) is 20.8 Å². The van der Waals surface area contributed by atoms with E-state index in [4.69, 9.17) is 37.9 Å². The number of aliphatic hydroxyl groups excluding tert-OH is 1. The van der Waals surface area contributed by atoms with Crippen molar-refractivity contribution >= 4 is 11.8 Å².